The van der Waals surface area contributed by atoms with Gasteiger partial charge in [-0.05, 0) is 11.6 Å². The Labute approximate surface area is 142 Å². The minimum Gasteiger partial charge on any atom is -0.286 e. The summed E-state index contributed by atoms with van der Waals surface area (Å²) in [5.74, 6) is 0.109. The molecule has 0 aliphatic rings. The highest BCUT2D eigenvalue weighted by Crippen LogP contribution is 2.20. The van der Waals surface area contributed by atoms with E-state index in [4.69, 9.17) is 11.6 Å². The van der Waals surface area contributed by atoms with Crippen LogP contribution >= 0.6 is 34.3 Å². The number of nitrogens with zero attached hydrogens (tertiary/aromatic N) is 1. The molecule has 112 valence electrons. The summed E-state index contributed by atoms with van der Waals surface area (Å²) in [6.07, 6.45) is 0.845. The molecule has 2 heterocycles. The molecular weight excluding hydrogens is 334 g/mol. The largest absolute Gasteiger partial charge is 0.286 e. The summed E-state index contributed by atoms with van der Waals surface area (Å²) in [7, 11) is 0. The van der Waals surface area contributed by atoms with Crippen LogP contribution in [0.5, 0.6) is 0 Å². The zero-order valence-corrected chi connectivity index (χ0v) is 14.5. The Bertz CT molecular complexity index is 792. The highest BCUT2D eigenvalue weighted by atomic mass is 35.5. The Morgan fingerprint density at radius 1 is 1.18 bits per heavy atom. The van der Waals surface area contributed by atoms with Gasteiger partial charge in [-0.25, -0.2) is 0 Å². The zero-order valence-electron chi connectivity index (χ0n) is 12.1. The number of ketones is 1. The summed E-state index contributed by atoms with van der Waals surface area (Å²) in [5, 5.41) is 5.72. The highest BCUT2D eigenvalue weighted by Gasteiger charge is 2.22. The van der Waals surface area contributed by atoms with Gasteiger partial charge in [0.25, 0.3) is 0 Å². The zero-order chi connectivity index (χ0) is 15.5. The van der Waals surface area contributed by atoms with E-state index in [0.29, 0.717) is 16.4 Å². The van der Waals surface area contributed by atoms with Crippen molar-refractivity contribution in [1.82, 2.24) is 0 Å². The van der Waals surface area contributed by atoms with Crippen LogP contribution in [0.4, 0.5) is 0 Å². The van der Waals surface area contributed by atoms with E-state index in [0.717, 1.165) is 12.1 Å². The van der Waals surface area contributed by atoms with Crippen LogP contribution in [0.25, 0.3) is 0 Å². The Kier molecular flexibility index (Phi) is 4.71. The molecule has 0 bridgehead atoms. The summed E-state index contributed by atoms with van der Waals surface area (Å²) in [6, 6.07) is 12.1. The molecule has 0 unspecified atom stereocenters. The Hall–Kier alpha value is -1.49. The van der Waals surface area contributed by atoms with Crippen LogP contribution in [-0.4, -0.2) is 5.78 Å². The number of hydrogen-bond acceptors (Lipinski definition) is 3. The third-order valence-electron chi connectivity index (χ3n) is 3.43. The van der Waals surface area contributed by atoms with Gasteiger partial charge in [-0.15, -0.1) is 11.3 Å². The Morgan fingerprint density at radius 3 is 2.64 bits per heavy atom. The SMILES string of the molecule is Cc1csc(Cc2ccccc2)[n+]1CC(=O)c1cc(Cl)cs1. The first-order valence-corrected chi connectivity index (χ1v) is 9.05. The maximum absolute atomic E-state index is 12.4. The molecule has 0 amide bonds. The average molecular weight is 349 g/mol. The van der Waals surface area contributed by atoms with Crippen LogP contribution in [0.1, 0.15) is 25.9 Å². The van der Waals surface area contributed by atoms with Crippen LogP contribution in [-0.2, 0) is 13.0 Å². The number of carbonyl (C=O) groups is 1. The first kappa shape index (κ1) is 15.4. The standard InChI is InChI=1S/C17H15ClNOS2/c1-12-10-22-17(7-13-5-3-2-4-6-13)19(12)9-15(20)16-8-14(18)11-21-16/h2-6,8,10-11H,7,9H2,1H3/q+1. The molecule has 0 aliphatic heterocycles. The monoisotopic (exact) mass is 348 g/mol. The van der Waals surface area contributed by atoms with Gasteiger partial charge in [0.2, 0.25) is 17.3 Å². The number of hydrogen-bond donors (Lipinski definition) is 0. The van der Waals surface area contributed by atoms with Gasteiger partial charge in [-0.1, -0.05) is 53.3 Å². The average Bonchev–Trinajstić information content (AvgIpc) is 3.09. The number of rotatable bonds is 5. The van der Waals surface area contributed by atoms with Crippen molar-refractivity contribution in [3.63, 3.8) is 0 Å². The van der Waals surface area contributed by atoms with Gasteiger partial charge in [0.15, 0.2) is 5.69 Å². The van der Waals surface area contributed by atoms with Gasteiger partial charge in [0, 0.05) is 12.3 Å². The second-order valence-electron chi connectivity index (χ2n) is 5.07. The molecule has 2 aromatic heterocycles. The van der Waals surface area contributed by atoms with Crippen LogP contribution in [0.2, 0.25) is 5.02 Å². The third-order valence-corrected chi connectivity index (χ3v) is 5.85. The second-order valence-corrected chi connectivity index (χ2v) is 7.36. The van der Waals surface area contributed by atoms with Crippen molar-refractivity contribution in [2.75, 3.05) is 0 Å². The smallest absolute Gasteiger partial charge is 0.242 e. The van der Waals surface area contributed by atoms with Crippen molar-refractivity contribution < 1.29 is 9.36 Å². The maximum atomic E-state index is 12.4. The van der Waals surface area contributed by atoms with Crippen molar-refractivity contribution >= 4 is 40.1 Å². The third kappa shape index (κ3) is 3.46. The van der Waals surface area contributed by atoms with E-state index >= 15 is 0 Å². The number of aromatic nitrogens is 1. The summed E-state index contributed by atoms with van der Waals surface area (Å²) in [5.41, 5.74) is 2.37. The quantitative estimate of drug-likeness (QED) is 0.490. The normalized spacial score (nSPS) is 10.8. The van der Waals surface area contributed by atoms with Gasteiger partial charge >= 0.3 is 0 Å². The lowest BCUT2D eigenvalue weighted by Crippen LogP contribution is -2.42. The lowest BCUT2D eigenvalue weighted by atomic mass is 10.1. The molecule has 22 heavy (non-hydrogen) atoms. The molecule has 0 atom stereocenters. The van der Waals surface area contributed by atoms with Crippen molar-refractivity contribution in [2.24, 2.45) is 0 Å². The number of halogens is 1. The molecule has 2 nitrogen and oxygen atoms in total. The number of Topliss-reactive ketones (excluding diaryl/α,β-unsaturated/α-hetero) is 1. The summed E-state index contributed by atoms with van der Waals surface area (Å²) in [4.78, 5) is 13.1. The molecule has 1 aromatic carbocycles. The fourth-order valence-electron chi connectivity index (χ4n) is 2.28. The van der Waals surface area contributed by atoms with Crippen LogP contribution in [0, 0.1) is 6.92 Å². The molecule has 0 aliphatic carbocycles. The Balaban J connectivity index is 1.82. The summed E-state index contributed by atoms with van der Waals surface area (Å²) >= 11 is 9.01. The first-order valence-electron chi connectivity index (χ1n) is 6.91. The van der Waals surface area contributed by atoms with Crippen molar-refractivity contribution in [3.05, 3.63) is 73.3 Å². The van der Waals surface area contributed by atoms with Gasteiger partial charge < -0.3 is 0 Å². The number of carbonyl (C=O) groups excluding carboxylic acids is 1. The summed E-state index contributed by atoms with van der Waals surface area (Å²) in [6.45, 7) is 2.41. The number of thiophene rings is 1. The Morgan fingerprint density at radius 2 is 1.95 bits per heavy atom. The molecule has 0 fully saturated rings. The lowest BCUT2D eigenvalue weighted by molar-refractivity contribution is -0.690. The predicted octanol–water partition coefficient (Wildman–Crippen LogP) is 4.53. The topological polar surface area (TPSA) is 20.9 Å². The first-order chi connectivity index (χ1) is 10.6. The molecule has 0 spiro atoms. The molecule has 5 heteroatoms. The fraction of sp³-hybridized carbons (Fsp3) is 0.176. The maximum Gasteiger partial charge on any atom is 0.242 e. The molecule has 0 saturated heterocycles. The molecule has 3 rings (SSSR count). The van der Waals surface area contributed by atoms with E-state index in [1.807, 2.05) is 25.1 Å². The molecule has 0 radical (unpaired) electrons. The van der Waals surface area contributed by atoms with Gasteiger partial charge in [0.05, 0.1) is 21.7 Å². The van der Waals surface area contributed by atoms with Crippen LogP contribution < -0.4 is 4.57 Å². The molecule has 0 saturated carbocycles. The van der Waals surface area contributed by atoms with Gasteiger partial charge in [0.1, 0.15) is 0 Å². The van der Waals surface area contributed by atoms with E-state index in [1.54, 1.807) is 22.8 Å². The fourth-order valence-corrected chi connectivity index (χ4v) is 4.30. The van der Waals surface area contributed by atoms with E-state index in [-0.39, 0.29) is 5.78 Å². The van der Waals surface area contributed by atoms with Crippen molar-refractivity contribution in [2.45, 2.75) is 19.9 Å². The van der Waals surface area contributed by atoms with Gasteiger partial charge in [-0.2, -0.15) is 4.57 Å². The van der Waals surface area contributed by atoms with E-state index in [1.165, 1.54) is 21.9 Å². The molecular formula is C17H15ClNOS2+. The summed E-state index contributed by atoms with van der Waals surface area (Å²) < 4.78 is 2.10. The second kappa shape index (κ2) is 6.73. The molecule has 0 N–H and O–H groups in total. The lowest BCUT2D eigenvalue weighted by Gasteiger charge is -2.00. The van der Waals surface area contributed by atoms with E-state index in [9.17, 15) is 4.79 Å². The number of benzene rings is 1. The van der Waals surface area contributed by atoms with Gasteiger partial charge in [-0.3, -0.25) is 4.79 Å². The van der Waals surface area contributed by atoms with E-state index in [2.05, 4.69) is 22.1 Å². The highest BCUT2D eigenvalue weighted by molar-refractivity contribution is 7.12. The molecule has 3 aromatic rings. The number of aryl methyl sites for hydroxylation is 1. The van der Waals surface area contributed by atoms with Crippen molar-refractivity contribution in [3.8, 4) is 0 Å². The number of thiazole rings is 1. The van der Waals surface area contributed by atoms with Crippen LogP contribution in [0.3, 0.4) is 0 Å². The van der Waals surface area contributed by atoms with Crippen LogP contribution in [0.15, 0.2) is 47.2 Å². The van der Waals surface area contributed by atoms with Crippen molar-refractivity contribution in [1.29, 1.82) is 0 Å². The van der Waals surface area contributed by atoms with E-state index < -0.39 is 0 Å². The minimum atomic E-state index is 0.109. The minimum absolute atomic E-state index is 0.109. The predicted molar refractivity (Wildman–Crippen MR) is 92.2 cm³/mol.